The highest BCUT2D eigenvalue weighted by atomic mass is 16.5. The van der Waals surface area contributed by atoms with Gasteiger partial charge >= 0.3 is 0 Å². The summed E-state index contributed by atoms with van der Waals surface area (Å²) in [4.78, 5) is 14.5. The Kier molecular flexibility index (Phi) is 5.84. The van der Waals surface area contributed by atoms with Crippen LogP contribution in [-0.4, -0.2) is 22.6 Å². The van der Waals surface area contributed by atoms with Crippen LogP contribution in [0.15, 0.2) is 60.8 Å². The molecule has 0 radical (unpaired) electrons. The third kappa shape index (κ3) is 4.39. The van der Waals surface area contributed by atoms with Crippen LogP contribution >= 0.6 is 0 Å². The molecule has 3 aromatic rings. The van der Waals surface area contributed by atoms with Crippen LogP contribution in [0.3, 0.4) is 0 Å². The predicted octanol–water partition coefficient (Wildman–Crippen LogP) is 3.41. The zero-order valence-electron chi connectivity index (χ0n) is 14.8. The number of aromatic amines is 1. The molecule has 1 heterocycles. The molecular formula is C21H23N3O2. The smallest absolute Gasteiger partial charge is 0.267 e. The summed E-state index contributed by atoms with van der Waals surface area (Å²) in [5.41, 5.74) is 7.08. The first-order valence-corrected chi connectivity index (χ1v) is 8.65. The van der Waals surface area contributed by atoms with Crippen molar-refractivity contribution in [3.8, 4) is 0 Å². The number of carbonyl (C=O) groups is 1. The van der Waals surface area contributed by atoms with Crippen molar-refractivity contribution in [1.29, 1.82) is 0 Å². The Morgan fingerprint density at radius 1 is 1.15 bits per heavy atom. The van der Waals surface area contributed by atoms with Gasteiger partial charge in [-0.15, -0.1) is 0 Å². The van der Waals surface area contributed by atoms with E-state index in [2.05, 4.69) is 34.6 Å². The molecular weight excluding hydrogens is 326 g/mol. The van der Waals surface area contributed by atoms with Crippen LogP contribution in [0, 0.1) is 0 Å². The highest BCUT2D eigenvalue weighted by molar-refractivity contribution is 5.94. The summed E-state index contributed by atoms with van der Waals surface area (Å²) in [5.74, 6) is -0.523. The van der Waals surface area contributed by atoms with Gasteiger partial charge in [0.2, 0.25) is 0 Å². The van der Waals surface area contributed by atoms with Gasteiger partial charge in [0.25, 0.3) is 5.91 Å². The fourth-order valence-corrected chi connectivity index (χ4v) is 3.01. The molecule has 5 nitrogen and oxygen atoms in total. The van der Waals surface area contributed by atoms with Gasteiger partial charge in [-0.2, -0.15) is 0 Å². The summed E-state index contributed by atoms with van der Waals surface area (Å²) in [6.07, 6.45) is 4.31. The zero-order chi connectivity index (χ0) is 18.4. The fraction of sp³-hybridized carbons (Fsp3) is 0.190. The molecule has 0 bridgehead atoms. The van der Waals surface area contributed by atoms with Gasteiger partial charge in [0, 0.05) is 24.3 Å². The lowest BCUT2D eigenvalue weighted by Gasteiger charge is -2.08. The van der Waals surface area contributed by atoms with Gasteiger partial charge < -0.3 is 10.3 Å². The zero-order valence-corrected chi connectivity index (χ0v) is 14.8. The maximum absolute atomic E-state index is 11.2. The van der Waals surface area contributed by atoms with Crippen LogP contribution in [-0.2, 0) is 17.8 Å². The molecule has 0 saturated carbocycles. The number of hydrogen-bond donors (Lipinski definition) is 4. The molecule has 5 heteroatoms. The Morgan fingerprint density at radius 2 is 1.96 bits per heavy atom. The minimum atomic E-state index is -0.523. The van der Waals surface area contributed by atoms with E-state index in [1.807, 2.05) is 37.4 Å². The molecule has 26 heavy (non-hydrogen) atoms. The minimum Gasteiger partial charge on any atom is -0.361 e. The summed E-state index contributed by atoms with van der Waals surface area (Å²) in [5, 5.41) is 13.3. The molecule has 1 aromatic heterocycles. The molecule has 1 amide bonds. The normalized spacial score (nSPS) is 11.7. The molecule has 2 aromatic carbocycles. The molecule has 0 atom stereocenters. The van der Waals surface area contributed by atoms with Crippen molar-refractivity contribution in [1.82, 2.24) is 15.8 Å². The van der Waals surface area contributed by atoms with Crippen LogP contribution in [0.2, 0.25) is 0 Å². The van der Waals surface area contributed by atoms with Crippen LogP contribution < -0.4 is 10.8 Å². The summed E-state index contributed by atoms with van der Waals surface area (Å²) in [7, 11) is 0. The third-order valence-corrected chi connectivity index (χ3v) is 4.44. The number of rotatable bonds is 7. The van der Waals surface area contributed by atoms with Gasteiger partial charge in [0.15, 0.2) is 0 Å². The first kappa shape index (κ1) is 17.9. The standard InChI is InChI=1S/C21H23N3O2/c1-15(13-20(25)24-26)17-7-5-16(6-8-17)14-22-11-9-18-3-2-4-19-10-12-23-21(18)19/h2-8,10,12-13,22-23,26H,9,11,14H2,1H3,(H,24,25)/b15-13+. The lowest BCUT2D eigenvalue weighted by atomic mass is 10.0. The van der Waals surface area contributed by atoms with Crippen molar-refractivity contribution in [2.24, 2.45) is 0 Å². The van der Waals surface area contributed by atoms with Crippen LogP contribution in [0.4, 0.5) is 0 Å². The number of H-pyrrole nitrogens is 1. The predicted molar refractivity (Wildman–Crippen MR) is 104 cm³/mol. The second-order valence-electron chi connectivity index (χ2n) is 6.29. The number of nitrogens with one attached hydrogen (secondary N) is 3. The van der Waals surface area contributed by atoms with E-state index < -0.39 is 5.91 Å². The molecule has 0 aliphatic rings. The molecule has 3 rings (SSSR count). The van der Waals surface area contributed by atoms with E-state index in [-0.39, 0.29) is 0 Å². The number of para-hydroxylation sites is 1. The molecule has 134 valence electrons. The second-order valence-corrected chi connectivity index (χ2v) is 6.29. The first-order valence-electron chi connectivity index (χ1n) is 8.65. The van der Waals surface area contributed by atoms with E-state index in [0.29, 0.717) is 0 Å². The van der Waals surface area contributed by atoms with Crippen LogP contribution in [0.25, 0.3) is 16.5 Å². The maximum atomic E-state index is 11.2. The van der Waals surface area contributed by atoms with Gasteiger partial charge in [0.05, 0.1) is 0 Å². The largest absolute Gasteiger partial charge is 0.361 e. The van der Waals surface area contributed by atoms with Crippen molar-refractivity contribution < 1.29 is 10.0 Å². The third-order valence-electron chi connectivity index (χ3n) is 4.44. The first-order chi connectivity index (χ1) is 12.7. The Morgan fingerprint density at radius 3 is 2.73 bits per heavy atom. The SMILES string of the molecule is C/C(=C\C(=O)NO)c1ccc(CNCCc2cccc3cc[nH]c23)cc1. The van der Waals surface area contributed by atoms with E-state index >= 15 is 0 Å². The van der Waals surface area contributed by atoms with Crippen molar-refractivity contribution >= 4 is 22.4 Å². The number of hydrogen-bond acceptors (Lipinski definition) is 3. The molecule has 0 saturated heterocycles. The van der Waals surface area contributed by atoms with Gasteiger partial charge in [-0.25, -0.2) is 5.48 Å². The van der Waals surface area contributed by atoms with E-state index in [1.54, 1.807) is 5.48 Å². The number of hydroxylamine groups is 1. The number of allylic oxidation sites excluding steroid dienone is 1. The lowest BCUT2D eigenvalue weighted by molar-refractivity contribution is -0.124. The molecule has 0 spiro atoms. The monoisotopic (exact) mass is 349 g/mol. The second kappa shape index (κ2) is 8.47. The fourth-order valence-electron chi connectivity index (χ4n) is 3.01. The Hall–Kier alpha value is -2.89. The highest BCUT2D eigenvalue weighted by Crippen LogP contribution is 2.17. The Labute approximate surface area is 152 Å². The van der Waals surface area contributed by atoms with E-state index in [4.69, 9.17) is 5.21 Å². The number of aromatic nitrogens is 1. The van der Waals surface area contributed by atoms with Crippen molar-refractivity contribution in [3.05, 3.63) is 77.5 Å². The summed E-state index contributed by atoms with van der Waals surface area (Å²) >= 11 is 0. The average Bonchev–Trinajstić information content (AvgIpc) is 3.15. The van der Waals surface area contributed by atoms with Crippen molar-refractivity contribution in [3.63, 3.8) is 0 Å². The lowest BCUT2D eigenvalue weighted by Crippen LogP contribution is -2.16. The molecule has 4 N–H and O–H groups in total. The van der Waals surface area contributed by atoms with E-state index in [1.165, 1.54) is 28.1 Å². The quantitative estimate of drug-likeness (QED) is 0.228. The summed E-state index contributed by atoms with van der Waals surface area (Å²) < 4.78 is 0. The Balaban J connectivity index is 1.52. The number of benzene rings is 2. The van der Waals surface area contributed by atoms with Crippen molar-refractivity contribution in [2.75, 3.05) is 6.54 Å². The molecule has 0 unspecified atom stereocenters. The highest BCUT2D eigenvalue weighted by Gasteiger charge is 2.02. The van der Waals surface area contributed by atoms with Gasteiger partial charge in [-0.3, -0.25) is 10.0 Å². The van der Waals surface area contributed by atoms with Gasteiger partial charge in [-0.05, 0) is 53.6 Å². The maximum Gasteiger partial charge on any atom is 0.267 e. The van der Waals surface area contributed by atoms with Gasteiger partial charge in [0.1, 0.15) is 0 Å². The molecule has 0 aliphatic carbocycles. The minimum absolute atomic E-state index is 0.523. The topological polar surface area (TPSA) is 77.2 Å². The van der Waals surface area contributed by atoms with Crippen LogP contribution in [0.5, 0.6) is 0 Å². The van der Waals surface area contributed by atoms with E-state index in [9.17, 15) is 4.79 Å². The Bertz CT molecular complexity index is 910. The van der Waals surface area contributed by atoms with E-state index in [0.717, 1.165) is 30.6 Å². The molecule has 0 fully saturated rings. The molecule has 0 aliphatic heterocycles. The van der Waals surface area contributed by atoms with Crippen LogP contribution in [0.1, 0.15) is 23.6 Å². The average molecular weight is 349 g/mol. The number of fused-ring (bicyclic) bond motifs is 1. The van der Waals surface area contributed by atoms with Crippen molar-refractivity contribution in [2.45, 2.75) is 19.9 Å². The summed E-state index contributed by atoms with van der Waals surface area (Å²) in [6, 6.07) is 16.5. The number of carbonyl (C=O) groups excluding carboxylic acids is 1. The van der Waals surface area contributed by atoms with Gasteiger partial charge in [-0.1, -0.05) is 42.5 Å². The number of amides is 1. The summed E-state index contributed by atoms with van der Waals surface area (Å²) in [6.45, 7) is 3.53.